The molecule has 1 aliphatic heterocycles. The lowest BCUT2D eigenvalue weighted by Crippen LogP contribution is -2.33. The zero-order valence-corrected chi connectivity index (χ0v) is 10.2. The van der Waals surface area contributed by atoms with Gasteiger partial charge in [-0.1, -0.05) is 12.8 Å². The highest BCUT2D eigenvalue weighted by molar-refractivity contribution is 5.69. The van der Waals surface area contributed by atoms with Gasteiger partial charge in [-0.2, -0.15) is 0 Å². The molecule has 16 heavy (non-hydrogen) atoms. The van der Waals surface area contributed by atoms with E-state index < -0.39 is 6.10 Å². The van der Waals surface area contributed by atoms with Gasteiger partial charge in [-0.15, -0.1) is 0 Å². The van der Waals surface area contributed by atoms with Crippen LogP contribution in [0.1, 0.15) is 38.5 Å². The topological polar surface area (TPSA) is 49.8 Å². The molecule has 1 atom stereocenters. The second-order valence-corrected chi connectivity index (χ2v) is 4.48. The van der Waals surface area contributed by atoms with Crippen molar-refractivity contribution >= 4 is 5.97 Å². The molecule has 0 aromatic heterocycles. The molecule has 1 heterocycles. The maximum atomic E-state index is 10.9. The van der Waals surface area contributed by atoms with Crippen molar-refractivity contribution in [3.8, 4) is 0 Å². The van der Waals surface area contributed by atoms with Crippen LogP contribution < -0.4 is 0 Å². The highest BCUT2D eigenvalue weighted by Crippen LogP contribution is 2.11. The van der Waals surface area contributed by atoms with Gasteiger partial charge in [0.25, 0.3) is 0 Å². The maximum absolute atomic E-state index is 10.9. The number of β-amino-alcohol motifs (C(OH)–C–C–N with tert-alkyl or cyclic N) is 1. The van der Waals surface area contributed by atoms with Crippen molar-refractivity contribution in [2.45, 2.75) is 44.6 Å². The van der Waals surface area contributed by atoms with Crippen LogP contribution in [-0.2, 0) is 9.53 Å². The second-order valence-electron chi connectivity index (χ2n) is 4.48. The van der Waals surface area contributed by atoms with E-state index in [1.807, 2.05) is 0 Å². The summed E-state index contributed by atoms with van der Waals surface area (Å²) in [5.41, 5.74) is 0. The average Bonchev–Trinajstić information content (AvgIpc) is 2.54. The summed E-state index contributed by atoms with van der Waals surface area (Å²) in [6, 6.07) is 0. The Morgan fingerprint density at radius 1 is 1.31 bits per heavy atom. The number of aliphatic hydroxyl groups excluding tert-OH is 1. The van der Waals surface area contributed by atoms with Crippen LogP contribution in [0, 0.1) is 0 Å². The van der Waals surface area contributed by atoms with Crippen molar-refractivity contribution in [1.29, 1.82) is 0 Å². The minimum absolute atomic E-state index is 0.241. The molecule has 1 fully saturated rings. The van der Waals surface area contributed by atoms with E-state index in [9.17, 15) is 9.90 Å². The number of hydrogen-bond donors (Lipinski definition) is 1. The van der Waals surface area contributed by atoms with Crippen LogP contribution in [0.25, 0.3) is 0 Å². The summed E-state index contributed by atoms with van der Waals surface area (Å²) in [6.45, 7) is 2.85. The minimum atomic E-state index is -0.405. The Bertz CT molecular complexity index is 200. The summed E-state index contributed by atoms with van der Waals surface area (Å²) in [5, 5.41) is 9.79. The quantitative estimate of drug-likeness (QED) is 0.719. The summed E-state index contributed by atoms with van der Waals surface area (Å²) < 4.78 is 4.55. The second kappa shape index (κ2) is 7.63. The van der Waals surface area contributed by atoms with E-state index in [1.165, 1.54) is 32.8 Å². The third-order valence-electron chi connectivity index (χ3n) is 3.08. The van der Waals surface area contributed by atoms with Gasteiger partial charge >= 0.3 is 5.97 Å². The number of methoxy groups -OCH3 is 1. The van der Waals surface area contributed by atoms with E-state index >= 15 is 0 Å². The van der Waals surface area contributed by atoms with Crippen LogP contribution in [0.4, 0.5) is 0 Å². The SMILES string of the molecule is COC(=O)CCC(O)CN1CCCCCC1. The van der Waals surface area contributed by atoms with Gasteiger partial charge in [-0.3, -0.25) is 4.79 Å². The molecule has 1 saturated heterocycles. The molecule has 0 radical (unpaired) electrons. The van der Waals surface area contributed by atoms with E-state index in [0.717, 1.165) is 13.1 Å². The highest BCUT2D eigenvalue weighted by atomic mass is 16.5. The lowest BCUT2D eigenvalue weighted by molar-refractivity contribution is -0.141. The molecule has 94 valence electrons. The Kier molecular flexibility index (Phi) is 6.42. The molecule has 4 heteroatoms. The summed E-state index contributed by atoms with van der Waals surface area (Å²) >= 11 is 0. The molecule has 0 saturated carbocycles. The minimum Gasteiger partial charge on any atom is -0.469 e. The van der Waals surface area contributed by atoms with Crippen molar-refractivity contribution < 1.29 is 14.6 Å². The van der Waals surface area contributed by atoms with Gasteiger partial charge in [0.15, 0.2) is 0 Å². The van der Waals surface area contributed by atoms with Crippen molar-refractivity contribution in [3.63, 3.8) is 0 Å². The molecule has 0 bridgehead atoms. The maximum Gasteiger partial charge on any atom is 0.305 e. The van der Waals surface area contributed by atoms with Gasteiger partial charge in [-0.25, -0.2) is 0 Å². The first-order valence-electron chi connectivity index (χ1n) is 6.19. The molecule has 1 N–H and O–H groups in total. The molecular formula is C12H23NO3. The number of carbonyl (C=O) groups excluding carboxylic acids is 1. The van der Waals surface area contributed by atoms with Crippen molar-refractivity contribution in [2.24, 2.45) is 0 Å². The van der Waals surface area contributed by atoms with E-state index in [-0.39, 0.29) is 5.97 Å². The van der Waals surface area contributed by atoms with Crippen LogP contribution >= 0.6 is 0 Å². The summed E-state index contributed by atoms with van der Waals surface area (Å²) in [7, 11) is 1.38. The molecule has 0 aliphatic carbocycles. The van der Waals surface area contributed by atoms with Gasteiger partial charge in [0.05, 0.1) is 13.2 Å². The predicted molar refractivity (Wildman–Crippen MR) is 62.2 cm³/mol. The molecule has 0 aromatic carbocycles. The standard InChI is InChI=1S/C12H23NO3/c1-16-12(15)7-6-11(14)10-13-8-4-2-3-5-9-13/h11,14H,2-10H2,1H3. The number of esters is 1. The molecule has 4 nitrogen and oxygen atoms in total. The Morgan fingerprint density at radius 2 is 1.94 bits per heavy atom. The predicted octanol–water partition coefficient (Wildman–Crippen LogP) is 1.18. The lowest BCUT2D eigenvalue weighted by atomic mass is 10.2. The lowest BCUT2D eigenvalue weighted by Gasteiger charge is -2.22. The molecule has 0 spiro atoms. The zero-order valence-electron chi connectivity index (χ0n) is 10.2. The fourth-order valence-electron chi connectivity index (χ4n) is 2.09. The number of rotatable bonds is 5. The van der Waals surface area contributed by atoms with Gasteiger partial charge in [0, 0.05) is 13.0 Å². The first-order chi connectivity index (χ1) is 7.72. The zero-order chi connectivity index (χ0) is 11.8. The first kappa shape index (κ1) is 13.5. The Labute approximate surface area is 97.6 Å². The van der Waals surface area contributed by atoms with Gasteiger partial charge in [0.1, 0.15) is 0 Å². The largest absolute Gasteiger partial charge is 0.469 e. The molecule has 0 amide bonds. The fraction of sp³-hybridized carbons (Fsp3) is 0.917. The van der Waals surface area contributed by atoms with Crippen LogP contribution in [-0.4, -0.2) is 48.8 Å². The smallest absolute Gasteiger partial charge is 0.305 e. The molecular weight excluding hydrogens is 206 g/mol. The van der Waals surface area contributed by atoms with Crippen molar-refractivity contribution in [2.75, 3.05) is 26.7 Å². The number of nitrogens with zero attached hydrogens (tertiary/aromatic N) is 1. The molecule has 0 aromatic rings. The van der Waals surface area contributed by atoms with Crippen molar-refractivity contribution in [1.82, 2.24) is 4.90 Å². The molecule has 1 aliphatic rings. The fourth-order valence-corrected chi connectivity index (χ4v) is 2.09. The number of carbonyl (C=O) groups is 1. The number of likely N-dealkylation sites (tertiary alicyclic amines) is 1. The number of hydrogen-bond acceptors (Lipinski definition) is 4. The summed E-state index contributed by atoms with van der Waals surface area (Å²) in [4.78, 5) is 13.2. The van der Waals surface area contributed by atoms with Crippen LogP contribution in [0.3, 0.4) is 0 Å². The monoisotopic (exact) mass is 229 g/mol. The number of ether oxygens (including phenoxy) is 1. The van der Waals surface area contributed by atoms with E-state index in [4.69, 9.17) is 0 Å². The molecule has 1 unspecified atom stereocenters. The Balaban J connectivity index is 2.16. The first-order valence-corrected chi connectivity index (χ1v) is 6.19. The number of aliphatic hydroxyl groups is 1. The average molecular weight is 229 g/mol. The van der Waals surface area contributed by atoms with E-state index in [2.05, 4.69) is 9.64 Å². The summed E-state index contributed by atoms with van der Waals surface area (Å²) in [5.74, 6) is -0.241. The van der Waals surface area contributed by atoms with Crippen molar-refractivity contribution in [3.05, 3.63) is 0 Å². The third-order valence-corrected chi connectivity index (χ3v) is 3.08. The van der Waals surface area contributed by atoms with E-state index in [0.29, 0.717) is 19.4 Å². The normalized spacial score (nSPS) is 20.1. The van der Waals surface area contributed by atoms with Gasteiger partial charge in [-0.05, 0) is 32.4 Å². The van der Waals surface area contributed by atoms with E-state index in [1.54, 1.807) is 0 Å². The third kappa shape index (κ3) is 5.47. The Morgan fingerprint density at radius 3 is 2.50 bits per heavy atom. The molecule has 1 rings (SSSR count). The van der Waals surface area contributed by atoms with Crippen LogP contribution in [0.15, 0.2) is 0 Å². The Hall–Kier alpha value is -0.610. The van der Waals surface area contributed by atoms with Crippen LogP contribution in [0.5, 0.6) is 0 Å². The van der Waals surface area contributed by atoms with Gasteiger partial charge in [0.2, 0.25) is 0 Å². The van der Waals surface area contributed by atoms with Crippen LogP contribution in [0.2, 0.25) is 0 Å². The highest BCUT2D eigenvalue weighted by Gasteiger charge is 2.14. The van der Waals surface area contributed by atoms with Gasteiger partial charge < -0.3 is 14.7 Å². The summed E-state index contributed by atoms with van der Waals surface area (Å²) in [6.07, 6.45) is 5.46.